The predicted molar refractivity (Wildman–Crippen MR) is 87.9 cm³/mol. The van der Waals surface area contributed by atoms with E-state index in [1.165, 1.54) is 0 Å². The molecule has 0 aliphatic carbocycles. The highest BCUT2D eigenvalue weighted by Gasteiger charge is 2.27. The van der Waals surface area contributed by atoms with Gasteiger partial charge in [0.1, 0.15) is 11.6 Å². The minimum Gasteiger partial charge on any atom is -0.355 e. The Labute approximate surface area is 141 Å². The molecule has 1 saturated heterocycles. The Kier molecular flexibility index (Phi) is 3.90. The number of H-pyrrole nitrogens is 2. The summed E-state index contributed by atoms with van der Waals surface area (Å²) in [6.07, 6.45) is -1.02. The third-order valence-electron chi connectivity index (χ3n) is 4.42. The average Bonchev–Trinajstić information content (AvgIpc) is 3.07. The summed E-state index contributed by atoms with van der Waals surface area (Å²) in [5, 5.41) is 7.11. The Morgan fingerprint density at radius 1 is 1.24 bits per heavy atom. The molecular weight excluding hydrogens is 330 g/mol. The van der Waals surface area contributed by atoms with Crippen molar-refractivity contribution in [2.75, 3.05) is 18.0 Å². The molecule has 2 aromatic heterocycles. The highest BCUT2D eigenvalue weighted by atomic mass is 19.3. The number of benzene rings is 1. The van der Waals surface area contributed by atoms with Crippen LogP contribution in [0.3, 0.4) is 0 Å². The second kappa shape index (κ2) is 6.23. The van der Waals surface area contributed by atoms with Gasteiger partial charge in [0.2, 0.25) is 0 Å². The molecule has 0 spiro atoms. The van der Waals surface area contributed by atoms with Gasteiger partial charge in [0, 0.05) is 24.4 Å². The van der Waals surface area contributed by atoms with E-state index in [-0.39, 0.29) is 11.6 Å². The van der Waals surface area contributed by atoms with Crippen molar-refractivity contribution >= 4 is 16.7 Å². The molecule has 2 N–H and O–H groups in total. The van der Waals surface area contributed by atoms with Crippen LogP contribution >= 0.6 is 0 Å². The first kappa shape index (κ1) is 15.7. The van der Waals surface area contributed by atoms with E-state index < -0.39 is 12.2 Å². The number of para-hydroxylation sites is 1. The molecule has 7 nitrogen and oxygen atoms in total. The number of anilines is 1. The standard InChI is InChI=1S/C16H16F2N6O/c17-12(18)14-19-11-6-2-1-5-10(11)15(20-14)24-7-3-4-9(8-24)13-21-16(25)23-22-13/h1-2,5-6,9,12H,3-4,7-8H2,(H2,21,22,23,25)/t9-/m0/s1. The van der Waals surface area contributed by atoms with Crippen LogP contribution in [0.25, 0.3) is 10.9 Å². The summed E-state index contributed by atoms with van der Waals surface area (Å²) < 4.78 is 26.4. The molecule has 0 amide bonds. The van der Waals surface area contributed by atoms with Crippen molar-refractivity contribution in [3.05, 3.63) is 46.4 Å². The van der Waals surface area contributed by atoms with Crippen molar-refractivity contribution in [2.45, 2.75) is 25.2 Å². The van der Waals surface area contributed by atoms with E-state index >= 15 is 0 Å². The van der Waals surface area contributed by atoms with Crippen LogP contribution in [0.15, 0.2) is 29.1 Å². The van der Waals surface area contributed by atoms with Crippen LogP contribution in [0, 0.1) is 0 Å². The summed E-state index contributed by atoms with van der Waals surface area (Å²) in [4.78, 5) is 24.0. The van der Waals surface area contributed by atoms with E-state index in [9.17, 15) is 13.6 Å². The zero-order chi connectivity index (χ0) is 17.4. The van der Waals surface area contributed by atoms with E-state index in [4.69, 9.17) is 0 Å². The average molecular weight is 346 g/mol. The second-order valence-corrected chi connectivity index (χ2v) is 6.07. The fourth-order valence-electron chi connectivity index (χ4n) is 3.29. The first-order valence-corrected chi connectivity index (χ1v) is 8.06. The van der Waals surface area contributed by atoms with Gasteiger partial charge in [-0.3, -0.25) is 4.98 Å². The van der Waals surface area contributed by atoms with Gasteiger partial charge in [-0.2, -0.15) is 5.10 Å². The molecule has 1 aliphatic rings. The molecule has 0 bridgehead atoms. The largest absolute Gasteiger partial charge is 0.355 e. The molecule has 130 valence electrons. The fourth-order valence-corrected chi connectivity index (χ4v) is 3.29. The van der Waals surface area contributed by atoms with Crippen LogP contribution in [0.2, 0.25) is 0 Å². The number of hydrogen-bond acceptors (Lipinski definition) is 5. The Hall–Kier alpha value is -2.84. The summed E-state index contributed by atoms with van der Waals surface area (Å²) in [6, 6.07) is 7.14. The fraction of sp³-hybridized carbons (Fsp3) is 0.375. The molecule has 9 heteroatoms. The van der Waals surface area contributed by atoms with E-state index in [0.29, 0.717) is 30.2 Å². The zero-order valence-electron chi connectivity index (χ0n) is 13.2. The van der Waals surface area contributed by atoms with Gasteiger partial charge in [-0.1, -0.05) is 12.1 Å². The van der Waals surface area contributed by atoms with E-state index in [1.54, 1.807) is 12.1 Å². The molecule has 4 rings (SSSR count). The van der Waals surface area contributed by atoms with Gasteiger partial charge >= 0.3 is 5.69 Å². The number of fused-ring (bicyclic) bond motifs is 1. The zero-order valence-corrected chi connectivity index (χ0v) is 13.2. The molecular formula is C16H16F2N6O. The van der Waals surface area contributed by atoms with Crippen LogP contribution in [0.5, 0.6) is 0 Å². The maximum atomic E-state index is 13.2. The van der Waals surface area contributed by atoms with Crippen LogP contribution in [0.4, 0.5) is 14.6 Å². The smallest absolute Gasteiger partial charge is 0.340 e. The van der Waals surface area contributed by atoms with Gasteiger partial charge in [0.05, 0.1) is 5.52 Å². The Bertz CT molecular complexity index is 953. The monoisotopic (exact) mass is 346 g/mol. The minimum atomic E-state index is -2.73. The lowest BCUT2D eigenvalue weighted by molar-refractivity contribution is 0.141. The summed E-state index contributed by atoms with van der Waals surface area (Å²) in [5.74, 6) is 0.631. The number of piperidine rings is 1. The van der Waals surface area contributed by atoms with Crippen LogP contribution in [0.1, 0.15) is 36.8 Å². The van der Waals surface area contributed by atoms with Crippen LogP contribution < -0.4 is 10.6 Å². The molecule has 1 atom stereocenters. The van der Waals surface area contributed by atoms with E-state index in [1.807, 2.05) is 17.0 Å². The Morgan fingerprint density at radius 3 is 2.84 bits per heavy atom. The van der Waals surface area contributed by atoms with Crippen molar-refractivity contribution in [2.24, 2.45) is 0 Å². The molecule has 1 fully saturated rings. The van der Waals surface area contributed by atoms with Crippen molar-refractivity contribution in [1.29, 1.82) is 0 Å². The lowest BCUT2D eigenvalue weighted by atomic mass is 9.97. The number of rotatable bonds is 3. The third kappa shape index (κ3) is 2.97. The molecule has 25 heavy (non-hydrogen) atoms. The maximum absolute atomic E-state index is 13.2. The highest BCUT2D eigenvalue weighted by molar-refractivity contribution is 5.89. The quantitative estimate of drug-likeness (QED) is 0.760. The van der Waals surface area contributed by atoms with Crippen LogP contribution in [-0.2, 0) is 0 Å². The van der Waals surface area contributed by atoms with Crippen molar-refractivity contribution in [1.82, 2.24) is 25.1 Å². The molecule has 1 aliphatic heterocycles. The van der Waals surface area contributed by atoms with Gasteiger partial charge < -0.3 is 4.90 Å². The number of hydrogen-bond donors (Lipinski definition) is 2. The first-order chi connectivity index (χ1) is 12.1. The number of alkyl halides is 2. The summed E-state index contributed by atoms with van der Waals surface area (Å²) >= 11 is 0. The maximum Gasteiger partial charge on any atom is 0.340 e. The number of nitrogens with one attached hydrogen (secondary N) is 2. The van der Waals surface area contributed by atoms with Gasteiger partial charge in [-0.15, -0.1) is 0 Å². The highest BCUT2D eigenvalue weighted by Crippen LogP contribution is 2.32. The molecule has 3 aromatic rings. The van der Waals surface area contributed by atoms with Crippen molar-refractivity contribution in [3.8, 4) is 0 Å². The van der Waals surface area contributed by atoms with Gasteiger partial charge in [-0.05, 0) is 25.0 Å². The summed E-state index contributed by atoms with van der Waals surface area (Å²) in [5.41, 5.74) is 0.151. The van der Waals surface area contributed by atoms with Gasteiger partial charge in [0.15, 0.2) is 5.82 Å². The van der Waals surface area contributed by atoms with Crippen molar-refractivity contribution in [3.63, 3.8) is 0 Å². The van der Waals surface area contributed by atoms with Crippen molar-refractivity contribution < 1.29 is 8.78 Å². The van der Waals surface area contributed by atoms with E-state index in [2.05, 4.69) is 25.1 Å². The Morgan fingerprint density at radius 2 is 2.08 bits per heavy atom. The van der Waals surface area contributed by atoms with Crippen LogP contribution in [-0.4, -0.2) is 38.2 Å². The third-order valence-corrected chi connectivity index (χ3v) is 4.42. The topological polar surface area (TPSA) is 90.6 Å². The van der Waals surface area contributed by atoms with Gasteiger partial charge in [0.25, 0.3) is 6.43 Å². The lowest BCUT2D eigenvalue weighted by Crippen LogP contribution is -2.35. The normalized spacial score (nSPS) is 18.2. The molecule has 0 saturated carbocycles. The SMILES string of the molecule is O=c1[nH]nc([C@H]2CCCN(c3nc(C(F)F)nc4ccccc34)C2)[nH]1. The predicted octanol–water partition coefficient (Wildman–Crippen LogP) is 2.36. The second-order valence-electron chi connectivity index (χ2n) is 6.07. The molecule has 1 aromatic carbocycles. The molecule has 3 heterocycles. The summed E-state index contributed by atoms with van der Waals surface area (Å²) in [6.45, 7) is 1.25. The molecule has 0 radical (unpaired) electrons. The number of nitrogens with zero attached hydrogens (tertiary/aromatic N) is 4. The first-order valence-electron chi connectivity index (χ1n) is 8.06. The lowest BCUT2D eigenvalue weighted by Gasteiger charge is -2.33. The molecule has 0 unspecified atom stereocenters. The van der Waals surface area contributed by atoms with E-state index in [0.717, 1.165) is 18.2 Å². The minimum absolute atomic E-state index is 0.0106. The Balaban J connectivity index is 1.74. The number of aromatic amines is 2. The van der Waals surface area contributed by atoms with Gasteiger partial charge in [-0.25, -0.2) is 28.6 Å². The number of halogens is 2. The summed E-state index contributed by atoms with van der Waals surface area (Å²) in [7, 11) is 0. The number of aromatic nitrogens is 5.